The molecule has 2 N–H and O–H groups in total. The smallest absolute Gasteiger partial charge is 0.330 e. The monoisotopic (exact) mass is 309 g/mol. The van der Waals surface area contributed by atoms with Crippen LogP contribution in [0.25, 0.3) is 0 Å². The molecule has 6 heteroatoms. The Bertz CT molecular complexity index is 523. The number of hydrogen-bond acceptors (Lipinski definition) is 4. The molecular weight excluding hydrogens is 290 g/mol. The molecular formula is C15H19NO4S. The Morgan fingerprint density at radius 1 is 1.38 bits per heavy atom. The molecule has 0 aliphatic carbocycles. The number of rotatable bonds is 5. The van der Waals surface area contributed by atoms with E-state index in [-0.39, 0.29) is 0 Å². The largest absolute Gasteiger partial charge is 0.481 e. The summed E-state index contributed by atoms with van der Waals surface area (Å²) in [5.74, 6) is 0.336. The second-order valence-corrected chi connectivity index (χ2v) is 6.36. The van der Waals surface area contributed by atoms with Gasteiger partial charge in [0, 0.05) is 5.75 Å². The molecule has 1 saturated heterocycles. The first-order valence-corrected chi connectivity index (χ1v) is 7.95. The molecule has 0 radical (unpaired) electrons. The van der Waals surface area contributed by atoms with Gasteiger partial charge in [-0.25, -0.2) is 4.79 Å². The quantitative estimate of drug-likeness (QED) is 0.868. The van der Waals surface area contributed by atoms with E-state index in [1.807, 2.05) is 19.1 Å². The van der Waals surface area contributed by atoms with Gasteiger partial charge in [-0.05, 0) is 38.2 Å². The zero-order chi connectivity index (χ0) is 15.5. The summed E-state index contributed by atoms with van der Waals surface area (Å²) >= 11 is 1.53. The lowest BCUT2D eigenvalue weighted by molar-refractivity contribution is -0.147. The van der Waals surface area contributed by atoms with Gasteiger partial charge in [0.1, 0.15) is 11.3 Å². The van der Waals surface area contributed by atoms with Gasteiger partial charge in [0.05, 0.1) is 0 Å². The van der Waals surface area contributed by atoms with Gasteiger partial charge in [-0.2, -0.15) is 11.8 Å². The number of carbonyl (C=O) groups is 2. The minimum Gasteiger partial charge on any atom is -0.481 e. The zero-order valence-electron chi connectivity index (χ0n) is 12.1. The molecule has 1 aliphatic rings. The standard InChI is InChI=1S/C15H19NO4S/c1-10-3-5-12(6-4-10)20-11(2)13(17)16-15(14(18)19)7-8-21-9-15/h3-6,11H,7-9H2,1-2H3,(H,16,17)(H,18,19). The van der Waals surface area contributed by atoms with E-state index >= 15 is 0 Å². The van der Waals surface area contributed by atoms with Gasteiger partial charge in [0.2, 0.25) is 0 Å². The number of carbonyl (C=O) groups excluding carboxylic acids is 1. The molecule has 1 heterocycles. The second-order valence-electron chi connectivity index (χ2n) is 5.25. The van der Waals surface area contributed by atoms with Crippen LogP contribution in [0.1, 0.15) is 18.9 Å². The minimum atomic E-state index is -1.16. The maximum Gasteiger partial charge on any atom is 0.330 e. The van der Waals surface area contributed by atoms with Crippen LogP contribution < -0.4 is 10.1 Å². The summed E-state index contributed by atoms with van der Waals surface area (Å²) in [5, 5.41) is 12.0. The first kappa shape index (κ1) is 15.7. The number of aryl methyl sites for hydroxylation is 1. The highest BCUT2D eigenvalue weighted by atomic mass is 32.2. The molecule has 0 aromatic heterocycles. The lowest BCUT2D eigenvalue weighted by Crippen LogP contribution is -2.57. The van der Waals surface area contributed by atoms with E-state index in [9.17, 15) is 14.7 Å². The Hall–Kier alpha value is -1.69. The first-order chi connectivity index (χ1) is 9.93. The number of benzene rings is 1. The highest BCUT2D eigenvalue weighted by Crippen LogP contribution is 2.28. The highest BCUT2D eigenvalue weighted by molar-refractivity contribution is 7.99. The van der Waals surface area contributed by atoms with Crippen molar-refractivity contribution < 1.29 is 19.4 Å². The topological polar surface area (TPSA) is 75.6 Å². The molecule has 1 aromatic carbocycles. The summed E-state index contributed by atoms with van der Waals surface area (Å²) in [6, 6.07) is 7.37. The minimum absolute atomic E-state index is 0.394. The Labute approximate surface area is 128 Å². The molecule has 1 aromatic rings. The van der Waals surface area contributed by atoms with E-state index in [0.29, 0.717) is 17.9 Å². The molecule has 0 bridgehead atoms. The van der Waals surface area contributed by atoms with Gasteiger partial charge in [0.15, 0.2) is 6.10 Å². The van der Waals surface area contributed by atoms with Gasteiger partial charge in [-0.15, -0.1) is 0 Å². The van der Waals surface area contributed by atoms with Gasteiger partial charge < -0.3 is 15.2 Å². The van der Waals surface area contributed by atoms with Crippen molar-refractivity contribution in [1.29, 1.82) is 0 Å². The number of hydrogen-bond donors (Lipinski definition) is 2. The Morgan fingerprint density at radius 3 is 2.57 bits per heavy atom. The van der Waals surface area contributed by atoms with Crippen molar-refractivity contribution in [2.24, 2.45) is 0 Å². The third-order valence-corrected chi connectivity index (χ3v) is 4.69. The summed E-state index contributed by atoms with van der Waals surface area (Å²) in [5.41, 5.74) is -0.0561. The average molecular weight is 309 g/mol. The molecule has 1 aliphatic heterocycles. The summed E-state index contributed by atoms with van der Waals surface area (Å²) in [6.45, 7) is 3.58. The maximum atomic E-state index is 12.2. The number of carboxylic acids is 1. The summed E-state index contributed by atoms with van der Waals surface area (Å²) in [7, 11) is 0. The predicted molar refractivity (Wildman–Crippen MR) is 81.7 cm³/mol. The fraction of sp³-hybridized carbons (Fsp3) is 0.467. The van der Waals surface area contributed by atoms with Gasteiger partial charge in [-0.3, -0.25) is 4.79 Å². The third kappa shape index (κ3) is 3.69. The molecule has 2 unspecified atom stereocenters. The highest BCUT2D eigenvalue weighted by Gasteiger charge is 2.44. The van der Waals surface area contributed by atoms with E-state index in [2.05, 4.69) is 5.32 Å². The Kier molecular flexibility index (Phi) is 4.77. The molecule has 1 amide bonds. The van der Waals surface area contributed by atoms with Crippen LogP contribution >= 0.6 is 11.8 Å². The van der Waals surface area contributed by atoms with E-state index in [0.717, 1.165) is 11.3 Å². The lowest BCUT2D eigenvalue weighted by Gasteiger charge is -2.26. The fourth-order valence-corrected chi connectivity index (χ4v) is 3.42. The second kappa shape index (κ2) is 6.39. The van der Waals surface area contributed by atoms with Crippen LogP contribution in [0.5, 0.6) is 5.75 Å². The maximum absolute atomic E-state index is 12.2. The molecule has 21 heavy (non-hydrogen) atoms. The van der Waals surface area contributed by atoms with Crippen molar-refractivity contribution >= 4 is 23.6 Å². The van der Waals surface area contributed by atoms with Crippen molar-refractivity contribution in [3.8, 4) is 5.75 Å². The van der Waals surface area contributed by atoms with Gasteiger partial charge in [-0.1, -0.05) is 17.7 Å². The molecule has 0 saturated carbocycles. The van der Waals surface area contributed by atoms with Crippen LogP contribution in [0.15, 0.2) is 24.3 Å². The normalized spacial score (nSPS) is 22.6. The van der Waals surface area contributed by atoms with Crippen molar-refractivity contribution in [2.45, 2.75) is 31.9 Å². The molecule has 5 nitrogen and oxygen atoms in total. The van der Waals surface area contributed by atoms with Crippen molar-refractivity contribution in [1.82, 2.24) is 5.32 Å². The number of thioether (sulfide) groups is 1. The Morgan fingerprint density at radius 2 is 2.05 bits per heavy atom. The van der Waals surface area contributed by atoms with E-state index in [1.165, 1.54) is 11.8 Å². The summed E-state index contributed by atoms with van der Waals surface area (Å²) in [6.07, 6.45) is -0.301. The van der Waals surface area contributed by atoms with Crippen LogP contribution in [-0.2, 0) is 9.59 Å². The van der Waals surface area contributed by atoms with Gasteiger partial charge >= 0.3 is 5.97 Å². The average Bonchev–Trinajstić information content (AvgIpc) is 2.91. The molecule has 1 fully saturated rings. The van der Waals surface area contributed by atoms with Crippen LogP contribution in [0.2, 0.25) is 0 Å². The zero-order valence-corrected chi connectivity index (χ0v) is 12.9. The van der Waals surface area contributed by atoms with E-state index in [4.69, 9.17) is 4.74 Å². The number of ether oxygens (including phenoxy) is 1. The number of nitrogens with one attached hydrogen (secondary N) is 1. The number of aliphatic carboxylic acids is 1. The summed E-state index contributed by atoms with van der Waals surface area (Å²) < 4.78 is 5.55. The Balaban J connectivity index is 1.99. The predicted octanol–water partition coefficient (Wildman–Crippen LogP) is 1.84. The number of amides is 1. The fourth-order valence-electron chi connectivity index (χ4n) is 2.10. The number of carboxylic acid groups (broad SMARTS) is 1. The van der Waals surface area contributed by atoms with Crippen LogP contribution in [0.3, 0.4) is 0 Å². The lowest BCUT2D eigenvalue weighted by atomic mass is 9.99. The SMILES string of the molecule is Cc1ccc(OC(C)C(=O)NC2(C(=O)O)CCSC2)cc1. The summed E-state index contributed by atoms with van der Waals surface area (Å²) in [4.78, 5) is 23.6. The molecule has 114 valence electrons. The van der Waals surface area contributed by atoms with E-state index in [1.54, 1.807) is 19.1 Å². The molecule has 2 atom stereocenters. The third-order valence-electron chi connectivity index (χ3n) is 3.50. The van der Waals surface area contributed by atoms with E-state index < -0.39 is 23.5 Å². The van der Waals surface area contributed by atoms with Crippen LogP contribution in [-0.4, -0.2) is 40.1 Å². The molecule has 2 rings (SSSR count). The van der Waals surface area contributed by atoms with Crippen molar-refractivity contribution in [3.05, 3.63) is 29.8 Å². The van der Waals surface area contributed by atoms with Crippen molar-refractivity contribution in [2.75, 3.05) is 11.5 Å². The van der Waals surface area contributed by atoms with Crippen molar-refractivity contribution in [3.63, 3.8) is 0 Å². The first-order valence-electron chi connectivity index (χ1n) is 6.79. The van der Waals surface area contributed by atoms with Gasteiger partial charge in [0.25, 0.3) is 5.91 Å². The molecule has 0 spiro atoms. The van der Waals surface area contributed by atoms with Crippen LogP contribution in [0, 0.1) is 6.92 Å². The van der Waals surface area contributed by atoms with Crippen LogP contribution in [0.4, 0.5) is 0 Å².